The standard InChI is InChI=1S/C17H23N3O3/c1-12-4-7-19(8-5-12)15-3-2-13(10-18-15)16(21)20-9-6-14(11-20)17(22)23/h2-3,10,12,14H,4-9,11H2,1H3,(H,22,23). The van der Waals surface area contributed by atoms with Crippen LogP contribution in [0.5, 0.6) is 0 Å². The van der Waals surface area contributed by atoms with Crippen LogP contribution in [0.3, 0.4) is 0 Å². The first-order valence-corrected chi connectivity index (χ1v) is 8.27. The molecule has 1 aromatic rings. The molecule has 2 aliphatic heterocycles. The van der Waals surface area contributed by atoms with E-state index in [4.69, 9.17) is 5.11 Å². The summed E-state index contributed by atoms with van der Waals surface area (Å²) in [5.41, 5.74) is 0.533. The van der Waals surface area contributed by atoms with Gasteiger partial charge in [-0.25, -0.2) is 4.98 Å². The molecule has 6 heteroatoms. The third-order valence-corrected chi connectivity index (χ3v) is 4.93. The van der Waals surface area contributed by atoms with E-state index in [1.165, 1.54) is 12.8 Å². The highest BCUT2D eigenvalue weighted by Crippen LogP contribution is 2.22. The summed E-state index contributed by atoms with van der Waals surface area (Å²) in [4.78, 5) is 31.7. The molecule has 1 N–H and O–H groups in total. The second kappa shape index (κ2) is 6.56. The van der Waals surface area contributed by atoms with Crippen LogP contribution in [0.1, 0.15) is 36.5 Å². The van der Waals surface area contributed by atoms with Gasteiger partial charge in [0.05, 0.1) is 11.5 Å². The van der Waals surface area contributed by atoms with E-state index < -0.39 is 11.9 Å². The Morgan fingerprint density at radius 2 is 1.91 bits per heavy atom. The molecule has 2 aliphatic rings. The Morgan fingerprint density at radius 1 is 1.17 bits per heavy atom. The summed E-state index contributed by atoms with van der Waals surface area (Å²) in [6.45, 7) is 5.08. The molecule has 0 radical (unpaired) electrons. The Bertz CT molecular complexity index is 579. The second-order valence-electron chi connectivity index (χ2n) is 6.65. The van der Waals surface area contributed by atoms with Crippen molar-refractivity contribution in [3.63, 3.8) is 0 Å². The average Bonchev–Trinajstić information content (AvgIpc) is 3.05. The molecule has 3 heterocycles. The summed E-state index contributed by atoms with van der Waals surface area (Å²) in [6.07, 6.45) is 4.49. The van der Waals surface area contributed by atoms with E-state index in [0.717, 1.165) is 24.8 Å². The van der Waals surface area contributed by atoms with E-state index in [0.29, 0.717) is 25.1 Å². The number of hydrogen-bond acceptors (Lipinski definition) is 4. The van der Waals surface area contributed by atoms with E-state index in [2.05, 4.69) is 16.8 Å². The van der Waals surface area contributed by atoms with Crippen molar-refractivity contribution in [3.05, 3.63) is 23.9 Å². The molecule has 1 unspecified atom stereocenters. The minimum Gasteiger partial charge on any atom is -0.481 e. The lowest BCUT2D eigenvalue weighted by Gasteiger charge is -2.31. The van der Waals surface area contributed by atoms with E-state index in [1.807, 2.05) is 6.07 Å². The molecule has 23 heavy (non-hydrogen) atoms. The normalized spacial score (nSPS) is 22.4. The summed E-state index contributed by atoms with van der Waals surface area (Å²) in [5, 5.41) is 9.03. The van der Waals surface area contributed by atoms with Gasteiger partial charge in [0.1, 0.15) is 5.82 Å². The first-order chi connectivity index (χ1) is 11.0. The maximum Gasteiger partial charge on any atom is 0.308 e. The third kappa shape index (κ3) is 3.46. The van der Waals surface area contributed by atoms with Crippen molar-refractivity contribution in [1.82, 2.24) is 9.88 Å². The highest BCUT2D eigenvalue weighted by molar-refractivity contribution is 5.94. The van der Waals surface area contributed by atoms with Gasteiger partial charge in [-0.2, -0.15) is 0 Å². The molecule has 0 saturated carbocycles. The number of hydrogen-bond donors (Lipinski definition) is 1. The lowest BCUT2D eigenvalue weighted by molar-refractivity contribution is -0.141. The molecule has 6 nitrogen and oxygen atoms in total. The predicted molar refractivity (Wildman–Crippen MR) is 86.5 cm³/mol. The predicted octanol–water partition coefficient (Wildman–Crippen LogP) is 1.86. The van der Waals surface area contributed by atoms with Crippen molar-refractivity contribution in [1.29, 1.82) is 0 Å². The van der Waals surface area contributed by atoms with Crippen LogP contribution in [-0.4, -0.2) is 53.0 Å². The maximum atomic E-state index is 12.4. The largest absolute Gasteiger partial charge is 0.481 e. The Morgan fingerprint density at radius 3 is 2.48 bits per heavy atom. The molecule has 3 rings (SSSR count). The van der Waals surface area contributed by atoms with Crippen LogP contribution in [0.15, 0.2) is 18.3 Å². The van der Waals surface area contributed by atoms with Crippen molar-refractivity contribution in [2.45, 2.75) is 26.2 Å². The van der Waals surface area contributed by atoms with Gasteiger partial charge in [-0.1, -0.05) is 6.92 Å². The van der Waals surface area contributed by atoms with E-state index >= 15 is 0 Å². The van der Waals surface area contributed by atoms with Crippen LogP contribution >= 0.6 is 0 Å². The number of carbonyl (C=O) groups is 2. The fourth-order valence-corrected chi connectivity index (χ4v) is 3.27. The van der Waals surface area contributed by atoms with Crippen LogP contribution in [0.4, 0.5) is 5.82 Å². The van der Waals surface area contributed by atoms with Crippen LogP contribution in [0.25, 0.3) is 0 Å². The lowest BCUT2D eigenvalue weighted by atomic mass is 9.99. The second-order valence-corrected chi connectivity index (χ2v) is 6.65. The average molecular weight is 317 g/mol. The number of piperidine rings is 1. The molecule has 0 aliphatic carbocycles. The van der Waals surface area contributed by atoms with Crippen LogP contribution in [0.2, 0.25) is 0 Å². The van der Waals surface area contributed by atoms with Gasteiger partial charge in [-0.3, -0.25) is 9.59 Å². The molecule has 0 bridgehead atoms. The molecular formula is C17H23N3O3. The van der Waals surface area contributed by atoms with Gasteiger partial charge in [-0.05, 0) is 37.3 Å². The number of nitrogens with zero attached hydrogens (tertiary/aromatic N) is 3. The third-order valence-electron chi connectivity index (χ3n) is 4.93. The van der Waals surface area contributed by atoms with Crippen molar-refractivity contribution < 1.29 is 14.7 Å². The summed E-state index contributed by atoms with van der Waals surface area (Å²) >= 11 is 0. The van der Waals surface area contributed by atoms with Crippen LogP contribution in [0, 0.1) is 11.8 Å². The number of amides is 1. The highest BCUT2D eigenvalue weighted by atomic mass is 16.4. The van der Waals surface area contributed by atoms with E-state index in [9.17, 15) is 9.59 Å². The zero-order chi connectivity index (χ0) is 16.4. The van der Waals surface area contributed by atoms with Crippen molar-refractivity contribution in [2.24, 2.45) is 11.8 Å². The van der Waals surface area contributed by atoms with Crippen molar-refractivity contribution in [2.75, 3.05) is 31.1 Å². The van der Waals surface area contributed by atoms with Crippen LogP contribution < -0.4 is 4.90 Å². The minimum atomic E-state index is -0.826. The molecule has 2 fully saturated rings. The Kier molecular flexibility index (Phi) is 4.50. The number of pyridine rings is 1. The quantitative estimate of drug-likeness (QED) is 0.921. The molecule has 1 amide bonds. The van der Waals surface area contributed by atoms with Gasteiger partial charge in [0.15, 0.2) is 0 Å². The fraction of sp³-hybridized carbons (Fsp3) is 0.588. The molecule has 124 valence electrons. The van der Waals surface area contributed by atoms with Gasteiger partial charge >= 0.3 is 5.97 Å². The highest BCUT2D eigenvalue weighted by Gasteiger charge is 2.31. The van der Waals surface area contributed by atoms with Crippen molar-refractivity contribution >= 4 is 17.7 Å². The number of rotatable bonds is 3. The SMILES string of the molecule is CC1CCN(c2ccc(C(=O)N3CCC(C(=O)O)C3)cn2)CC1. The molecule has 1 atom stereocenters. The topological polar surface area (TPSA) is 73.7 Å². The fourth-order valence-electron chi connectivity index (χ4n) is 3.27. The first-order valence-electron chi connectivity index (χ1n) is 8.27. The van der Waals surface area contributed by atoms with Gasteiger partial charge < -0.3 is 14.9 Å². The number of aliphatic carboxylic acids is 1. The smallest absolute Gasteiger partial charge is 0.308 e. The zero-order valence-corrected chi connectivity index (χ0v) is 13.4. The Labute approximate surface area is 136 Å². The minimum absolute atomic E-state index is 0.125. The van der Waals surface area contributed by atoms with E-state index in [1.54, 1.807) is 17.2 Å². The monoisotopic (exact) mass is 317 g/mol. The first kappa shape index (κ1) is 15.8. The Balaban J connectivity index is 1.63. The van der Waals surface area contributed by atoms with E-state index in [-0.39, 0.29) is 5.91 Å². The molecule has 1 aromatic heterocycles. The summed E-state index contributed by atoms with van der Waals surface area (Å²) in [7, 11) is 0. The van der Waals surface area contributed by atoms with Gasteiger partial charge in [0.25, 0.3) is 5.91 Å². The van der Waals surface area contributed by atoms with Gasteiger partial charge in [-0.15, -0.1) is 0 Å². The number of aromatic nitrogens is 1. The summed E-state index contributed by atoms with van der Waals surface area (Å²) in [6, 6.07) is 3.70. The number of carboxylic acids is 1. The molecular weight excluding hydrogens is 294 g/mol. The number of anilines is 1. The van der Waals surface area contributed by atoms with Gasteiger partial charge in [0, 0.05) is 32.4 Å². The number of likely N-dealkylation sites (tertiary alicyclic amines) is 1. The molecule has 0 aromatic carbocycles. The number of carbonyl (C=O) groups excluding carboxylic acids is 1. The zero-order valence-electron chi connectivity index (χ0n) is 13.4. The molecule has 0 spiro atoms. The number of carboxylic acid groups (broad SMARTS) is 1. The maximum absolute atomic E-state index is 12.4. The van der Waals surface area contributed by atoms with Crippen LogP contribution in [-0.2, 0) is 4.79 Å². The van der Waals surface area contributed by atoms with Crippen molar-refractivity contribution in [3.8, 4) is 0 Å². The summed E-state index contributed by atoms with van der Waals surface area (Å²) in [5.74, 6) is 0.289. The molecule has 2 saturated heterocycles. The lowest BCUT2D eigenvalue weighted by Crippen LogP contribution is -2.33. The summed E-state index contributed by atoms with van der Waals surface area (Å²) < 4.78 is 0. The van der Waals surface area contributed by atoms with Gasteiger partial charge in [0.2, 0.25) is 0 Å². The Hall–Kier alpha value is -2.11.